The van der Waals surface area contributed by atoms with E-state index in [1.165, 1.54) is 16.7 Å². The third-order valence-electron chi connectivity index (χ3n) is 2.86. The normalized spacial score (nSPS) is 11.8. The van der Waals surface area contributed by atoms with Gasteiger partial charge in [-0.3, -0.25) is 5.10 Å². The molecule has 2 rings (SSSR count). The van der Waals surface area contributed by atoms with E-state index in [4.69, 9.17) is 0 Å². The van der Waals surface area contributed by atoms with Crippen molar-refractivity contribution in [3.05, 3.63) is 41.6 Å². The van der Waals surface area contributed by atoms with Crippen molar-refractivity contribution < 1.29 is 0 Å². The Labute approximate surface area is 96.7 Å². The van der Waals surface area contributed by atoms with Crippen LogP contribution in [0.1, 0.15) is 31.9 Å². The fraction of sp³-hybridized carbons (Fsp3) is 0.357. The number of nitrogens with one attached hydrogen (secondary N) is 1. The first kappa shape index (κ1) is 10.9. The van der Waals surface area contributed by atoms with Crippen LogP contribution in [0.2, 0.25) is 0 Å². The van der Waals surface area contributed by atoms with Crippen molar-refractivity contribution in [1.82, 2.24) is 10.2 Å². The van der Waals surface area contributed by atoms with Gasteiger partial charge < -0.3 is 0 Å². The van der Waals surface area contributed by atoms with E-state index in [1.807, 2.05) is 6.20 Å². The molecule has 2 heteroatoms. The molecule has 0 bridgehead atoms. The Kier molecular flexibility index (Phi) is 2.58. The van der Waals surface area contributed by atoms with Gasteiger partial charge in [0.25, 0.3) is 0 Å². The first-order chi connectivity index (χ1) is 7.50. The monoisotopic (exact) mass is 214 g/mol. The second-order valence-electron chi connectivity index (χ2n) is 5.22. The van der Waals surface area contributed by atoms with Gasteiger partial charge in [0.2, 0.25) is 0 Å². The van der Waals surface area contributed by atoms with Crippen LogP contribution in [-0.2, 0) is 5.41 Å². The number of aromatic nitrogens is 2. The number of hydrogen-bond acceptors (Lipinski definition) is 1. The predicted octanol–water partition coefficient (Wildman–Crippen LogP) is 3.68. The summed E-state index contributed by atoms with van der Waals surface area (Å²) in [7, 11) is 0. The van der Waals surface area contributed by atoms with Crippen LogP contribution in [0.15, 0.2) is 30.5 Å². The molecule has 0 radical (unpaired) electrons. The Morgan fingerprint density at radius 1 is 1.12 bits per heavy atom. The molecule has 0 spiro atoms. The van der Waals surface area contributed by atoms with Gasteiger partial charge >= 0.3 is 0 Å². The van der Waals surface area contributed by atoms with E-state index >= 15 is 0 Å². The number of benzene rings is 1. The summed E-state index contributed by atoms with van der Waals surface area (Å²) < 4.78 is 0. The van der Waals surface area contributed by atoms with Gasteiger partial charge in [0.15, 0.2) is 0 Å². The number of aryl methyl sites for hydroxylation is 1. The first-order valence-electron chi connectivity index (χ1n) is 5.60. The molecule has 0 amide bonds. The molecule has 0 unspecified atom stereocenters. The summed E-state index contributed by atoms with van der Waals surface area (Å²) in [5, 5.41) is 7.30. The Morgan fingerprint density at radius 2 is 1.81 bits per heavy atom. The molecule has 0 saturated heterocycles. The SMILES string of the molecule is Cc1ccccc1-c1[nH]ncc1C(C)(C)C. The number of H-pyrrole nitrogens is 1. The van der Waals surface area contributed by atoms with Crippen molar-refractivity contribution in [1.29, 1.82) is 0 Å². The first-order valence-corrected chi connectivity index (χ1v) is 5.60. The molecule has 84 valence electrons. The fourth-order valence-corrected chi connectivity index (χ4v) is 1.91. The van der Waals surface area contributed by atoms with Crippen LogP contribution in [-0.4, -0.2) is 10.2 Å². The predicted molar refractivity (Wildman–Crippen MR) is 67.5 cm³/mol. The van der Waals surface area contributed by atoms with Gasteiger partial charge in [-0.1, -0.05) is 45.0 Å². The van der Waals surface area contributed by atoms with Crippen LogP contribution >= 0.6 is 0 Å². The summed E-state index contributed by atoms with van der Waals surface area (Å²) in [5.74, 6) is 0. The summed E-state index contributed by atoms with van der Waals surface area (Å²) in [6.45, 7) is 8.75. The van der Waals surface area contributed by atoms with Gasteiger partial charge in [-0.05, 0) is 17.9 Å². The molecule has 0 fully saturated rings. The number of aromatic amines is 1. The number of rotatable bonds is 1. The van der Waals surface area contributed by atoms with Gasteiger partial charge in [-0.2, -0.15) is 5.10 Å². The molecule has 2 nitrogen and oxygen atoms in total. The highest BCUT2D eigenvalue weighted by Gasteiger charge is 2.21. The summed E-state index contributed by atoms with van der Waals surface area (Å²) in [6.07, 6.45) is 1.93. The highest BCUT2D eigenvalue weighted by atomic mass is 15.1. The molecule has 16 heavy (non-hydrogen) atoms. The van der Waals surface area contributed by atoms with E-state index in [0.29, 0.717) is 0 Å². The average molecular weight is 214 g/mol. The van der Waals surface area contributed by atoms with Crippen molar-refractivity contribution in [3.63, 3.8) is 0 Å². The molecule has 0 atom stereocenters. The Hall–Kier alpha value is -1.57. The topological polar surface area (TPSA) is 28.7 Å². The van der Waals surface area contributed by atoms with Crippen molar-refractivity contribution >= 4 is 0 Å². The molecule has 1 aromatic heterocycles. The van der Waals surface area contributed by atoms with Gasteiger partial charge in [0, 0.05) is 11.1 Å². The lowest BCUT2D eigenvalue weighted by Gasteiger charge is -2.19. The van der Waals surface area contributed by atoms with E-state index in [-0.39, 0.29) is 5.41 Å². The maximum atomic E-state index is 4.18. The molecule has 0 aliphatic rings. The van der Waals surface area contributed by atoms with Gasteiger partial charge in [0.1, 0.15) is 0 Å². The summed E-state index contributed by atoms with van der Waals surface area (Å²) in [5.41, 5.74) is 5.04. The van der Waals surface area contributed by atoms with E-state index in [2.05, 4.69) is 62.2 Å². The maximum absolute atomic E-state index is 4.18. The molecule has 0 aliphatic carbocycles. The highest BCUT2D eigenvalue weighted by molar-refractivity contribution is 5.67. The van der Waals surface area contributed by atoms with Crippen molar-refractivity contribution in [2.45, 2.75) is 33.1 Å². The minimum atomic E-state index is 0.116. The summed E-state index contributed by atoms with van der Waals surface area (Å²) in [6, 6.07) is 8.39. The molecule has 0 saturated carbocycles. The maximum Gasteiger partial charge on any atom is 0.0690 e. The fourth-order valence-electron chi connectivity index (χ4n) is 1.91. The molecule has 1 aromatic carbocycles. The zero-order chi connectivity index (χ0) is 11.8. The summed E-state index contributed by atoms with van der Waals surface area (Å²) in [4.78, 5) is 0. The van der Waals surface area contributed by atoms with Crippen molar-refractivity contribution in [2.75, 3.05) is 0 Å². The molecule has 1 heterocycles. The van der Waals surface area contributed by atoms with Crippen LogP contribution in [0.5, 0.6) is 0 Å². The molecule has 1 N–H and O–H groups in total. The second-order valence-corrected chi connectivity index (χ2v) is 5.22. The van der Waals surface area contributed by atoms with Crippen LogP contribution < -0.4 is 0 Å². The summed E-state index contributed by atoms with van der Waals surface area (Å²) >= 11 is 0. The molecule has 0 aliphatic heterocycles. The lowest BCUT2D eigenvalue weighted by molar-refractivity contribution is 0.592. The van der Waals surface area contributed by atoms with Crippen LogP contribution in [0.25, 0.3) is 11.3 Å². The third-order valence-corrected chi connectivity index (χ3v) is 2.86. The lowest BCUT2D eigenvalue weighted by Crippen LogP contribution is -2.11. The number of hydrogen-bond donors (Lipinski definition) is 1. The minimum Gasteiger partial charge on any atom is -0.278 e. The zero-order valence-electron chi connectivity index (χ0n) is 10.3. The number of nitrogens with zero attached hydrogens (tertiary/aromatic N) is 1. The third kappa shape index (κ3) is 1.87. The van der Waals surface area contributed by atoms with E-state index in [9.17, 15) is 0 Å². The molecular weight excluding hydrogens is 196 g/mol. The largest absolute Gasteiger partial charge is 0.278 e. The average Bonchev–Trinajstić information content (AvgIpc) is 2.66. The van der Waals surface area contributed by atoms with Gasteiger partial charge in [-0.25, -0.2) is 0 Å². The molecular formula is C14H18N2. The van der Waals surface area contributed by atoms with Crippen LogP contribution in [0, 0.1) is 6.92 Å². The standard InChI is InChI=1S/C14H18N2/c1-10-7-5-6-8-11(10)13-12(9-15-16-13)14(2,3)4/h5-9H,1-4H3,(H,15,16). The van der Waals surface area contributed by atoms with Crippen molar-refractivity contribution in [3.8, 4) is 11.3 Å². The zero-order valence-corrected chi connectivity index (χ0v) is 10.3. The van der Waals surface area contributed by atoms with Gasteiger partial charge in [-0.15, -0.1) is 0 Å². The van der Waals surface area contributed by atoms with E-state index < -0.39 is 0 Å². The van der Waals surface area contributed by atoms with Crippen LogP contribution in [0.4, 0.5) is 0 Å². The van der Waals surface area contributed by atoms with E-state index in [1.54, 1.807) is 0 Å². The Morgan fingerprint density at radius 3 is 2.44 bits per heavy atom. The lowest BCUT2D eigenvalue weighted by atomic mass is 9.85. The van der Waals surface area contributed by atoms with Gasteiger partial charge in [0.05, 0.1) is 11.9 Å². The van der Waals surface area contributed by atoms with Crippen molar-refractivity contribution in [2.24, 2.45) is 0 Å². The quantitative estimate of drug-likeness (QED) is 0.770. The smallest absolute Gasteiger partial charge is 0.0690 e. The minimum absolute atomic E-state index is 0.116. The Bertz CT molecular complexity index is 489. The van der Waals surface area contributed by atoms with Crippen LogP contribution in [0.3, 0.4) is 0 Å². The molecule has 2 aromatic rings. The second kappa shape index (κ2) is 3.78. The highest BCUT2D eigenvalue weighted by Crippen LogP contribution is 2.32. The van der Waals surface area contributed by atoms with E-state index in [0.717, 1.165) is 5.69 Å². The Balaban J connectivity index is 2.58.